The van der Waals surface area contributed by atoms with Crippen molar-refractivity contribution in [1.82, 2.24) is 0 Å². The Labute approximate surface area is 110 Å². The first-order valence-electron chi connectivity index (χ1n) is 5.62. The van der Waals surface area contributed by atoms with Gasteiger partial charge in [0, 0.05) is 0 Å². The molecule has 4 nitrogen and oxygen atoms in total. The minimum absolute atomic E-state index is 0.101. The van der Waals surface area contributed by atoms with Gasteiger partial charge < -0.3 is 9.84 Å². The van der Waals surface area contributed by atoms with Crippen LogP contribution in [0.3, 0.4) is 0 Å². The Bertz CT molecular complexity index is 671. The van der Waals surface area contributed by atoms with Gasteiger partial charge in [-0.2, -0.15) is 5.26 Å². The molecular weight excluding hydrogens is 242 g/mol. The maximum absolute atomic E-state index is 11.1. The SMILES string of the molecule is Cc1cc(Oc2ccccc2C(=O)O)ccc1C#N. The number of benzene rings is 2. The molecule has 0 spiro atoms. The van der Waals surface area contributed by atoms with E-state index in [2.05, 4.69) is 6.07 Å². The van der Waals surface area contributed by atoms with Crippen LogP contribution in [0.2, 0.25) is 0 Å². The van der Waals surface area contributed by atoms with Crippen molar-refractivity contribution in [2.45, 2.75) is 6.92 Å². The molecule has 0 amide bonds. The predicted octanol–water partition coefficient (Wildman–Crippen LogP) is 3.36. The highest BCUT2D eigenvalue weighted by molar-refractivity contribution is 5.90. The molecule has 0 aliphatic carbocycles. The number of hydrogen-bond acceptors (Lipinski definition) is 3. The Kier molecular flexibility index (Phi) is 3.48. The minimum atomic E-state index is -1.04. The second-order valence-corrected chi connectivity index (χ2v) is 3.99. The molecule has 0 aromatic heterocycles. The maximum atomic E-state index is 11.1. The second-order valence-electron chi connectivity index (χ2n) is 3.99. The number of aryl methyl sites for hydroxylation is 1. The van der Waals surface area contributed by atoms with Gasteiger partial charge in [0.25, 0.3) is 0 Å². The lowest BCUT2D eigenvalue weighted by molar-refractivity contribution is 0.0694. The van der Waals surface area contributed by atoms with Crippen LogP contribution in [-0.2, 0) is 0 Å². The van der Waals surface area contributed by atoms with Gasteiger partial charge in [-0.25, -0.2) is 4.79 Å². The fourth-order valence-corrected chi connectivity index (χ4v) is 1.68. The van der Waals surface area contributed by atoms with Crippen molar-refractivity contribution in [3.05, 3.63) is 59.2 Å². The van der Waals surface area contributed by atoms with Crippen molar-refractivity contribution in [3.63, 3.8) is 0 Å². The molecule has 0 atom stereocenters. The van der Waals surface area contributed by atoms with Gasteiger partial charge in [0.1, 0.15) is 17.1 Å². The molecule has 0 aliphatic heterocycles. The summed E-state index contributed by atoms with van der Waals surface area (Å²) < 4.78 is 5.56. The molecule has 19 heavy (non-hydrogen) atoms. The molecule has 94 valence electrons. The van der Waals surface area contributed by atoms with E-state index in [1.54, 1.807) is 43.3 Å². The summed E-state index contributed by atoms with van der Waals surface area (Å²) in [6.07, 6.45) is 0. The van der Waals surface area contributed by atoms with Gasteiger partial charge >= 0.3 is 5.97 Å². The molecule has 0 heterocycles. The fraction of sp³-hybridized carbons (Fsp3) is 0.0667. The Morgan fingerprint density at radius 1 is 1.26 bits per heavy atom. The van der Waals surface area contributed by atoms with E-state index in [1.165, 1.54) is 6.07 Å². The van der Waals surface area contributed by atoms with Crippen LogP contribution in [0.4, 0.5) is 0 Å². The summed E-state index contributed by atoms with van der Waals surface area (Å²) in [5, 5.41) is 17.9. The Balaban J connectivity index is 2.34. The number of nitrogens with zero attached hydrogens (tertiary/aromatic N) is 1. The van der Waals surface area contributed by atoms with Crippen LogP contribution < -0.4 is 4.74 Å². The summed E-state index contributed by atoms with van der Waals surface area (Å²) in [5.74, 6) is -0.259. The van der Waals surface area contributed by atoms with Crippen molar-refractivity contribution in [3.8, 4) is 17.6 Å². The molecule has 0 saturated heterocycles. The average molecular weight is 253 g/mol. The number of carbonyl (C=O) groups is 1. The first kappa shape index (κ1) is 12.7. The Morgan fingerprint density at radius 2 is 2.00 bits per heavy atom. The standard InChI is InChI=1S/C15H11NO3/c1-10-8-12(7-6-11(10)9-16)19-14-5-3-2-4-13(14)15(17)18/h2-8H,1H3,(H,17,18). The van der Waals surface area contributed by atoms with Gasteiger partial charge in [-0.3, -0.25) is 0 Å². The van der Waals surface area contributed by atoms with Crippen LogP contribution >= 0.6 is 0 Å². The van der Waals surface area contributed by atoms with Crippen molar-refractivity contribution in [1.29, 1.82) is 5.26 Å². The third kappa shape index (κ3) is 2.72. The molecule has 2 aromatic carbocycles. The Morgan fingerprint density at radius 3 is 2.63 bits per heavy atom. The zero-order chi connectivity index (χ0) is 13.8. The lowest BCUT2D eigenvalue weighted by atomic mass is 10.1. The lowest BCUT2D eigenvalue weighted by Gasteiger charge is -2.09. The molecule has 0 saturated carbocycles. The molecule has 0 radical (unpaired) electrons. The maximum Gasteiger partial charge on any atom is 0.339 e. The van der Waals surface area contributed by atoms with E-state index in [1.807, 2.05) is 0 Å². The van der Waals surface area contributed by atoms with Gasteiger partial charge in [0.2, 0.25) is 0 Å². The average Bonchev–Trinajstić information content (AvgIpc) is 2.39. The molecule has 0 bridgehead atoms. The molecule has 4 heteroatoms. The predicted molar refractivity (Wildman–Crippen MR) is 69.4 cm³/mol. The quantitative estimate of drug-likeness (QED) is 0.910. The number of para-hydroxylation sites is 1. The first-order valence-corrected chi connectivity index (χ1v) is 5.62. The molecule has 0 unspecified atom stereocenters. The number of aromatic carboxylic acids is 1. The van der Waals surface area contributed by atoms with E-state index in [4.69, 9.17) is 15.1 Å². The van der Waals surface area contributed by atoms with E-state index < -0.39 is 5.97 Å². The number of carboxylic acid groups (broad SMARTS) is 1. The van der Waals surface area contributed by atoms with Crippen LogP contribution in [0.25, 0.3) is 0 Å². The number of carboxylic acids is 1. The second kappa shape index (κ2) is 5.23. The summed E-state index contributed by atoms with van der Waals surface area (Å²) in [4.78, 5) is 11.1. The number of nitriles is 1. The van der Waals surface area contributed by atoms with Crippen LogP contribution in [0, 0.1) is 18.3 Å². The van der Waals surface area contributed by atoms with Crippen LogP contribution in [0.5, 0.6) is 11.5 Å². The topological polar surface area (TPSA) is 70.3 Å². The van der Waals surface area contributed by atoms with Gasteiger partial charge in [-0.15, -0.1) is 0 Å². The van der Waals surface area contributed by atoms with E-state index in [-0.39, 0.29) is 11.3 Å². The van der Waals surface area contributed by atoms with Crippen molar-refractivity contribution in [2.24, 2.45) is 0 Å². The zero-order valence-electron chi connectivity index (χ0n) is 10.3. The molecule has 2 rings (SSSR count). The molecule has 0 fully saturated rings. The third-order valence-corrected chi connectivity index (χ3v) is 2.66. The van der Waals surface area contributed by atoms with E-state index in [0.717, 1.165) is 5.56 Å². The van der Waals surface area contributed by atoms with Gasteiger partial charge in [0.05, 0.1) is 11.6 Å². The molecule has 1 N–H and O–H groups in total. The Hall–Kier alpha value is -2.80. The highest BCUT2D eigenvalue weighted by Crippen LogP contribution is 2.26. The van der Waals surface area contributed by atoms with Crippen LogP contribution in [0.1, 0.15) is 21.5 Å². The van der Waals surface area contributed by atoms with Gasteiger partial charge in [-0.05, 0) is 42.8 Å². The van der Waals surface area contributed by atoms with Crippen LogP contribution in [0.15, 0.2) is 42.5 Å². The smallest absolute Gasteiger partial charge is 0.339 e. The summed E-state index contributed by atoms with van der Waals surface area (Å²) in [6, 6.07) is 13.5. The van der Waals surface area contributed by atoms with Crippen molar-refractivity contribution >= 4 is 5.97 Å². The zero-order valence-corrected chi connectivity index (χ0v) is 10.3. The highest BCUT2D eigenvalue weighted by Gasteiger charge is 2.11. The summed E-state index contributed by atoms with van der Waals surface area (Å²) in [6.45, 7) is 1.80. The van der Waals surface area contributed by atoms with Crippen LogP contribution in [-0.4, -0.2) is 11.1 Å². The summed E-state index contributed by atoms with van der Waals surface area (Å²) in [7, 11) is 0. The van der Waals surface area contributed by atoms with Crippen molar-refractivity contribution < 1.29 is 14.6 Å². The fourth-order valence-electron chi connectivity index (χ4n) is 1.68. The first-order chi connectivity index (χ1) is 9.11. The number of ether oxygens (including phenoxy) is 1. The lowest BCUT2D eigenvalue weighted by Crippen LogP contribution is -1.99. The van der Waals surface area contributed by atoms with Crippen molar-refractivity contribution in [2.75, 3.05) is 0 Å². The molecule has 2 aromatic rings. The van der Waals surface area contributed by atoms with E-state index in [9.17, 15) is 4.79 Å². The molecule has 0 aliphatic rings. The summed E-state index contributed by atoms with van der Waals surface area (Å²) in [5.41, 5.74) is 1.45. The highest BCUT2D eigenvalue weighted by atomic mass is 16.5. The largest absolute Gasteiger partial charge is 0.478 e. The minimum Gasteiger partial charge on any atom is -0.478 e. The number of hydrogen-bond donors (Lipinski definition) is 1. The third-order valence-electron chi connectivity index (χ3n) is 2.66. The normalized spacial score (nSPS) is 9.68. The van der Waals surface area contributed by atoms with E-state index in [0.29, 0.717) is 11.3 Å². The van der Waals surface area contributed by atoms with E-state index >= 15 is 0 Å². The summed E-state index contributed by atoms with van der Waals surface area (Å²) >= 11 is 0. The number of rotatable bonds is 3. The van der Waals surface area contributed by atoms with Gasteiger partial charge in [-0.1, -0.05) is 12.1 Å². The van der Waals surface area contributed by atoms with Gasteiger partial charge in [0.15, 0.2) is 0 Å². The molecular formula is C15H11NO3. The monoisotopic (exact) mass is 253 g/mol.